The van der Waals surface area contributed by atoms with Gasteiger partial charge in [-0.15, -0.1) is 0 Å². The number of aliphatic hydroxyl groups is 1. The highest BCUT2D eigenvalue weighted by molar-refractivity contribution is 6.05. The molecule has 38 heavy (non-hydrogen) atoms. The smallest absolute Gasteiger partial charge is 0.308 e. The first-order chi connectivity index (χ1) is 17.5. The molecule has 4 rings (SSSR count). The molecule has 0 aromatic heterocycles. The summed E-state index contributed by atoms with van der Waals surface area (Å²) >= 11 is 0. The maximum Gasteiger partial charge on any atom is 0.308 e. The normalized spacial score (nSPS) is 39.7. The van der Waals surface area contributed by atoms with Crippen LogP contribution in [0.2, 0.25) is 0 Å². The van der Waals surface area contributed by atoms with Gasteiger partial charge in [-0.1, -0.05) is 41.5 Å². The van der Waals surface area contributed by atoms with Crippen LogP contribution < -0.4 is 0 Å². The quantitative estimate of drug-likeness (QED) is 0.507. The van der Waals surface area contributed by atoms with E-state index in [-0.39, 0.29) is 66.6 Å². The summed E-state index contributed by atoms with van der Waals surface area (Å²) in [5.74, 6) is -1.45. The summed E-state index contributed by atoms with van der Waals surface area (Å²) in [6, 6.07) is 0. The van der Waals surface area contributed by atoms with Gasteiger partial charge in [0.2, 0.25) is 0 Å². The minimum absolute atomic E-state index is 0.0134. The topological polar surface area (TPSA) is 115 Å². The fraction of sp³-hybridized carbons (Fsp3) is 0.774. The van der Waals surface area contributed by atoms with Gasteiger partial charge in [0, 0.05) is 48.5 Å². The van der Waals surface area contributed by atoms with Crippen LogP contribution in [0.4, 0.5) is 0 Å². The van der Waals surface area contributed by atoms with Crippen LogP contribution in [0.3, 0.4) is 0 Å². The first kappa shape index (κ1) is 28.8. The number of rotatable bonds is 6. The largest absolute Gasteiger partial charge is 0.469 e. The number of ketones is 4. The van der Waals surface area contributed by atoms with Crippen LogP contribution in [0.1, 0.15) is 93.4 Å². The molecule has 0 bridgehead atoms. The van der Waals surface area contributed by atoms with Crippen molar-refractivity contribution in [2.45, 2.75) is 99.5 Å². The van der Waals surface area contributed by atoms with Crippen LogP contribution in [-0.2, 0) is 28.7 Å². The lowest BCUT2D eigenvalue weighted by Gasteiger charge is -2.60. The second-order valence-corrected chi connectivity index (χ2v) is 13.9. The molecule has 0 aromatic carbocycles. The Morgan fingerprint density at radius 2 is 1.66 bits per heavy atom. The molecule has 210 valence electrons. The third-order valence-corrected chi connectivity index (χ3v) is 11.5. The van der Waals surface area contributed by atoms with Gasteiger partial charge in [0.25, 0.3) is 0 Å². The van der Waals surface area contributed by atoms with Crippen molar-refractivity contribution in [3.63, 3.8) is 0 Å². The van der Waals surface area contributed by atoms with Gasteiger partial charge >= 0.3 is 5.97 Å². The number of Topliss-reactive ketones (excluding diaryl/α,β-unsaturated/α-hetero) is 4. The van der Waals surface area contributed by atoms with Crippen molar-refractivity contribution in [3.8, 4) is 0 Å². The fourth-order valence-corrected chi connectivity index (χ4v) is 9.13. The van der Waals surface area contributed by atoms with Crippen LogP contribution in [-0.4, -0.2) is 47.4 Å². The molecule has 7 heteroatoms. The number of fused-ring (bicyclic) bond motifs is 4. The number of allylic oxidation sites excluding steroid dienone is 1. The number of hydrogen-bond donors (Lipinski definition) is 1. The number of esters is 1. The maximum atomic E-state index is 14.1. The van der Waals surface area contributed by atoms with E-state index in [1.807, 2.05) is 34.6 Å². The number of aliphatic hydroxyl groups excluding tert-OH is 1. The van der Waals surface area contributed by atoms with Gasteiger partial charge in [-0.25, -0.2) is 0 Å². The molecule has 0 aliphatic heterocycles. The Morgan fingerprint density at radius 3 is 2.26 bits per heavy atom. The summed E-state index contributed by atoms with van der Waals surface area (Å²) in [6.07, 6.45) is 1.02. The first-order valence-electron chi connectivity index (χ1n) is 14.1. The van der Waals surface area contributed by atoms with Gasteiger partial charge < -0.3 is 9.84 Å². The molecule has 0 saturated heterocycles. The summed E-state index contributed by atoms with van der Waals surface area (Å²) in [6.45, 7) is 13.4. The zero-order valence-corrected chi connectivity index (χ0v) is 24.2. The van der Waals surface area contributed by atoms with Gasteiger partial charge in [-0.3, -0.25) is 24.0 Å². The summed E-state index contributed by atoms with van der Waals surface area (Å²) < 4.78 is 4.75. The second-order valence-electron chi connectivity index (χ2n) is 13.9. The van der Waals surface area contributed by atoms with Gasteiger partial charge in [-0.05, 0) is 48.5 Å². The molecule has 4 aliphatic carbocycles. The number of hydrogen-bond acceptors (Lipinski definition) is 7. The van der Waals surface area contributed by atoms with Crippen molar-refractivity contribution in [3.05, 3.63) is 11.1 Å². The molecule has 0 amide bonds. The summed E-state index contributed by atoms with van der Waals surface area (Å²) in [5, 5.41) is 11.6. The van der Waals surface area contributed by atoms with E-state index in [9.17, 15) is 29.1 Å². The van der Waals surface area contributed by atoms with E-state index >= 15 is 0 Å². The van der Waals surface area contributed by atoms with Crippen molar-refractivity contribution in [2.75, 3.05) is 7.11 Å². The van der Waals surface area contributed by atoms with E-state index < -0.39 is 39.7 Å². The SMILES string of the molecule is COC(=O)C(C)CC(=O)CC(C)C1CC(=O)C2(C)C3=C(C(=O)CC12C)C1(C)CCC(=O)C(C)(C)C1CC3O. The minimum Gasteiger partial charge on any atom is -0.469 e. The van der Waals surface area contributed by atoms with E-state index in [1.54, 1.807) is 6.92 Å². The van der Waals surface area contributed by atoms with Crippen molar-refractivity contribution < 1.29 is 33.8 Å². The molecule has 2 saturated carbocycles. The zero-order valence-electron chi connectivity index (χ0n) is 24.2. The summed E-state index contributed by atoms with van der Waals surface area (Å²) in [4.78, 5) is 65.5. The molecule has 0 spiro atoms. The van der Waals surface area contributed by atoms with Crippen LogP contribution in [0.5, 0.6) is 0 Å². The monoisotopic (exact) mass is 528 g/mol. The molecular weight excluding hydrogens is 484 g/mol. The Hall–Kier alpha value is -2.15. The average molecular weight is 529 g/mol. The number of ether oxygens (including phenoxy) is 1. The highest BCUT2D eigenvalue weighted by atomic mass is 16.5. The maximum absolute atomic E-state index is 14.1. The molecule has 8 atom stereocenters. The van der Waals surface area contributed by atoms with Gasteiger partial charge in [0.05, 0.1) is 24.5 Å². The molecule has 2 fully saturated rings. The van der Waals surface area contributed by atoms with E-state index in [4.69, 9.17) is 4.74 Å². The lowest BCUT2D eigenvalue weighted by atomic mass is 9.42. The Bertz CT molecular complexity index is 1130. The van der Waals surface area contributed by atoms with Crippen LogP contribution >= 0.6 is 0 Å². The number of carbonyl (C=O) groups is 5. The molecule has 4 aliphatic rings. The van der Waals surface area contributed by atoms with Crippen molar-refractivity contribution >= 4 is 29.1 Å². The van der Waals surface area contributed by atoms with Gasteiger partial charge in [-0.2, -0.15) is 0 Å². The Kier molecular flexibility index (Phi) is 6.99. The summed E-state index contributed by atoms with van der Waals surface area (Å²) in [7, 11) is 1.30. The number of methoxy groups -OCH3 is 1. The van der Waals surface area contributed by atoms with Gasteiger partial charge in [0.1, 0.15) is 17.3 Å². The van der Waals surface area contributed by atoms with Crippen LogP contribution in [0, 0.1) is 45.3 Å². The summed E-state index contributed by atoms with van der Waals surface area (Å²) in [5.41, 5.74) is -1.82. The van der Waals surface area contributed by atoms with Gasteiger partial charge in [0.15, 0.2) is 5.78 Å². The molecule has 0 aromatic rings. The Morgan fingerprint density at radius 1 is 1.03 bits per heavy atom. The molecular formula is C31H44O7. The minimum atomic E-state index is -1.02. The highest BCUT2D eigenvalue weighted by Crippen LogP contribution is 2.70. The van der Waals surface area contributed by atoms with Crippen molar-refractivity contribution in [1.29, 1.82) is 0 Å². The first-order valence-corrected chi connectivity index (χ1v) is 14.1. The van der Waals surface area contributed by atoms with E-state index in [2.05, 4.69) is 6.92 Å². The van der Waals surface area contributed by atoms with Crippen molar-refractivity contribution in [1.82, 2.24) is 0 Å². The Labute approximate surface area is 226 Å². The van der Waals surface area contributed by atoms with E-state index in [1.165, 1.54) is 7.11 Å². The standard InChI is InChI=1S/C31H44O7/c1-16(11-18(32)12-17(2)27(37)38-8)19-13-24(36)31(7)26-20(33)14-22-28(3,4)23(35)9-10-29(22,5)25(26)21(34)15-30(19,31)6/h16-17,19-20,22,33H,9-15H2,1-8H3. The predicted molar refractivity (Wildman–Crippen MR) is 141 cm³/mol. The molecule has 1 N–H and O–H groups in total. The third-order valence-electron chi connectivity index (χ3n) is 11.5. The second kappa shape index (κ2) is 9.21. The molecule has 8 unspecified atom stereocenters. The third kappa shape index (κ3) is 3.82. The average Bonchev–Trinajstić information content (AvgIpc) is 3.03. The predicted octanol–water partition coefficient (Wildman–Crippen LogP) is 4.43. The number of carbonyl (C=O) groups excluding carboxylic acids is 5. The van der Waals surface area contributed by atoms with Crippen molar-refractivity contribution in [2.24, 2.45) is 45.3 Å². The zero-order chi connectivity index (χ0) is 28.6. The highest BCUT2D eigenvalue weighted by Gasteiger charge is 2.70. The van der Waals surface area contributed by atoms with Crippen LogP contribution in [0.15, 0.2) is 11.1 Å². The molecule has 0 heterocycles. The van der Waals surface area contributed by atoms with Crippen LogP contribution in [0.25, 0.3) is 0 Å². The van der Waals surface area contributed by atoms with E-state index in [0.717, 1.165) is 0 Å². The lowest BCUT2D eigenvalue weighted by molar-refractivity contribution is -0.147. The Balaban J connectivity index is 1.72. The molecule has 7 nitrogen and oxygen atoms in total. The lowest BCUT2D eigenvalue weighted by Crippen LogP contribution is -2.60. The molecule has 0 radical (unpaired) electrons. The van der Waals surface area contributed by atoms with E-state index in [0.29, 0.717) is 30.4 Å². The fourth-order valence-electron chi connectivity index (χ4n) is 9.13.